The molecule has 3 heteroatoms. The van der Waals surface area contributed by atoms with E-state index >= 15 is 0 Å². The van der Waals surface area contributed by atoms with Crippen LogP contribution in [0.5, 0.6) is 0 Å². The van der Waals surface area contributed by atoms with Crippen LogP contribution in [-0.4, -0.2) is 32.8 Å². The monoisotopic (exact) mass is 276 g/mol. The molecule has 0 unspecified atom stereocenters. The van der Waals surface area contributed by atoms with E-state index in [1.807, 2.05) is 0 Å². The summed E-state index contributed by atoms with van der Waals surface area (Å²) in [5.74, 6) is 0. The van der Waals surface area contributed by atoms with E-state index in [0.717, 1.165) is 32.3 Å². The first-order valence-corrected chi connectivity index (χ1v) is 7.82. The molecule has 1 aliphatic carbocycles. The van der Waals surface area contributed by atoms with Gasteiger partial charge in [-0.2, -0.15) is 0 Å². The summed E-state index contributed by atoms with van der Waals surface area (Å²) in [6.45, 7) is 8.20. The summed E-state index contributed by atoms with van der Waals surface area (Å²) in [5, 5.41) is 3.53. The van der Waals surface area contributed by atoms with E-state index < -0.39 is 0 Å². The molecule has 1 saturated carbocycles. The van der Waals surface area contributed by atoms with Crippen LogP contribution in [0, 0.1) is 6.92 Å². The van der Waals surface area contributed by atoms with Gasteiger partial charge in [-0.3, -0.25) is 0 Å². The molecule has 1 fully saturated rings. The number of rotatable bonds is 9. The Kier molecular flexibility index (Phi) is 5.86. The Morgan fingerprint density at radius 1 is 1.35 bits per heavy atom. The maximum atomic E-state index is 5.28. The highest BCUT2D eigenvalue weighted by Crippen LogP contribution is 2.33. The number of anilines is 1. The first-order valence-electron chi connectivity index (χ1n) is 7.82. The molecule has 0 saturated heterocycles. The number of benzene rings is 1. The largest absolute Gasteiger partial charge is 0.383 e. The quantitative estimate of drug-likeness (QED) is 0.701. The summed E-state index contributed by atoms with van der Waals surface area (Å²) in [5.41, 5.74) is 4.14. The summed E-state index contributed by atoms with van der Waals surface area (Å²) in [7, 11) is 1.78. The molecular weight excluding hydrogens is 248 g/mol. The molecule has 3 nitrogen and oxygen atoms in total. The van der Waals surface area contributed by atoms with Gasteiger partial charge in [0.05, 0.1) is 6.61 Å². The van der Waals surface area contributed by atoms with Crippen molar-refractivity contribution in [3.05, 3.63) is 29.3 Å². The van der Waals surface area contributed by atoms with Crippen LogP contribution in [0.25, 0.3) is 0 Å². The molecule has 0 aliphatic heterocycles. The van der Waals surface area contributed by atoms with E-state index in [9.17, 15) is 0 Å². The number of hydrogen-bond donors (Lipinski definition) is 1. The molecule has 0 aromatic heterocycles. The first kappa shape index (κ1) is 15.3. The van der Waals surface area contributed by atoms with Gasteiger partial charge in [0.25, 0.3) is 0 Å². The second-order valence-electron chi connectivity index (χ2n) is 5.73. The van der Waals surface area contributed by atoms with Gasteiger partial charge in [-0.15, -0.1) is 0 Å². The smallest absolute Gasteiger partial charge is 0.0637 e. The molecule has 1 N–H and O–H groups in total. The Labute approximate surface area is 123 Å². The van der Waals surface area contributed by atoms with Crippen molar-refractivity contribution in [2.75, 3.05) is 31.7 Å². The number of ether oxygens (including phenoxy) is 1. The molecule has 112 valence electrons. The molecule has 2 rings (SSSR count). The maximum absolute atomic E-state index is 5.28. The van der Waals surface area contributed by atoms with E-state index in [0.29, 0.717) is 0 Å². The van der Waals surface area contributed by atoms with Gasteiger partial charge in [-0.05, 0) is 44.4 Å². The van der Waals surface area contributed by atoms with Gasteiger partial charge in [0.15, 0.2) is 0 Å². The second-order valence-corrected chi connectivity index (χ2v) is 5.73. The van der Waals surface area contributed by atoms with Crippen molar-refractivity contribution in [2.45, 2.75) is 45.7 Å². The fourth-order valence-corrected chi connectivity index (χ4v) is 2.61. The lowest BCUT2D eigenvalue weighted by atomic mass is 10.1. The lowest BCUT2D eigenvalue weighted by Gasteiger charge is -2.27. The van der Waals surface area contributed by atoms with Crippen LogP contribution in [0.1, 0.15) is 37.3 Å². The first-order chi connectivity index (χ1) is 9.76. The Hall–Kier alpha value is -1.06. The Balaban J connectivity index is 2.14. The van der Waals surface area contributed by atoms with Crippen LogP contribution in [0.3, 0.4) is 0 Å². The second kappa shape index (κ2) is 7.65. The minimum atomic E-state index is 0.720. The number of nitrogens with one attached hydrogen (secondary N) is 1. The van der Waals surface area contributed by atoms with E-state index in [1.54, 1.807) is 7.11 Å². The molecule has 0 heterocycles. The Bertz CT molecular complexity index is 415. The fraction of sp³-hybridized carbons (Fsp3) is 0.647. The Morgan fingerprint density at radius 2 is 2.15 bits per heavy atom. The summed E-state index contributed by atoms with van der Waals surface area (Å²) in [4.78, 5) is 2.53. The lowest BCUT2D eigenvalue weighted by molar-refractivity contribution is 0.205. The predicted molar refractivity (Wildman–Crippen MR) is 85.4 cm³/mol. The highest BCUT2D eigenvalue weighted by atomic mass is 16.5. The average Bonchev–Trinajstić information content (AvgIpc) is 3.26. The van der Waals surface area contributed by atoms with Crippen molar-refractivity contribution >= 4 is 5.69 Å². The molecule has 0 atom stereocenters. The molecule has 0 amide bonds. The minimum absolute atomic E-state index is 0.720. The maximum Gasteiger partial charge on any atom is 0.0637 e. The summed E-state index contributed by atoms with van der Waals surface area (Å²) in [6.07, 6.45) is 3.82. The highest BCUT2D eigenvalue weighted by molar-refractivity contribution is 5.56. The number of aryl methyl sites for hydroxylation is 1. The van der Waals surface area contributed by atoms with Gasteiger partial charge in [-0.1, -0.05) is 24.6 Å². The summed E-state index contributed by atoms with van der Waals surface area (Å²) in [6, 6.07) is 7.55. The molecule has 20 heavy (non-hydrogen) atoms. The number of nitrogens with zero attached hydrogens (tertiary/aromatic N) is 1. The zero-order chi connectivity index (χ0) is 14.4. The number of hydrogen-bond acceptors (Lipinski definition) is 3. The van der Waals surface area contributed by atoms with Crippen LogP contribution in [0.4, 0.5) is 5.69 Å². The van der Waals surface area contributed by atoms with Gasteiger partial charge in [0.1, 0.15) is 0 Å². The van der Waals surface area contributed by atoms with Crippen molar-refractivity contribution in [2.24, 2.45) is 0 Å². The third-order valence-corrected chi connectivity index (χ3v) is 3.81. The van der Waals surface area contributed by atoms with Crippen molar-refractivity contribution < 1.29 is 4.74 Å². The van der Waals surface area contributed by atoms with Crippen LogP contribution in [-0.2, 0) is 11.3 Å². The van der Waals surface area contributed by atoms with Gasteiger partial charge in [0.2, 0.25) is 0 Å². The molecule has 1 aromatic carbocycles. The minimum Gasteiger partial charge on any atom is -0.383 e. The van der Waals surface area contributed by atoms with Crippen LogP contribution >= 0.6 is 0 Å². The van der Waals surface area contributed by atoms with Gasteiger partial charge in [0, 0.05) is 31.9 Å². The summed E-state index contributed by atoms with van der Waals surface area (Å²) < 4.78 is 5.28. The molecule has 0 bridgehead atoms. The van der Waals surface area contributed by atoms with Crippen molar-refractivity contribution in [1.29, 1.82) is 0 Å². The van der Waals surface area contributed by atoms with E-state index in [4.69, 9.17) is 4.74 Å². The van der Waals surface area contributed by atoms with Crippen LogP contribution in [0.15, 0.2) is 18.2 Å². The third kappa shape index (κ3) is 4.22. The van der Waals surface area contributed by atoms with E-state index in [1.165, 1.54) is 36.1 Å². The molecule has 0 radical (unpaired) electrons. The highest BCUT2D eigenvalue weighted by Gasteiger charge is 2.30. The van der Waals surface area contributed by atoms with Gasteiger partial charge >= 0.3 is 0 Å². The summed E-state index contributed by atoms with van der Waals surface area (Å²) >= 11 is 0. The Morgan fingerprint density at radius 3 is 2.80 bits per heavy atom. The predicted octanol–water partition coefficient (Wildman–Crippen LogP) is 3.11. The zero-order valence-electron chi connectivity index (χ0n) is 13.1. The van der Waals surface area contributed by atoms with Crippen molar-refractivity contribution in [3.8, 4) is 0 Å². The van der Waals surface area contributed by atoms with E-state index in [2.05, 4.69) is 42.3 Å². The molecule has 0 spiro atoms. The van der Waals surface area contributed by atoms with Crippen molar-refractivity contribution in [1.82, 2.24) is 5.32 Å². The zero-order valence-corrected chi connectivity index (χ0v) is 13.1. The van der Waals surface area contributed by atoms with Gasteiger partial charge < -0.3 is 15.0 Å². The average molecular weight is 276 g/mol. The normalized spacial score (nSPS) is 14.6. The van der Waals surface area contributed by atoms with Crippen LogP contribution < -0.4 is 10.2 Å². The number of methoxy groups -OCH3 is 1. The fourth-order valence-electron chi connectivity index (χ4n) is 2.61. The molecular formula is C17H28N2O. The van der Waals surface area contributed by atoms with Gasteiger partial charge in [-0.25, -0.2) is 0 Å². The molecule has 1 aliphatic rings. The third-order valence-electron chi connectivity index (χ3n) is 3.81. The lowest BCUT2D eigenvalue weighted by Crippen LogP contribution is -2.31. The SMILES string of the molecule is CCCNCc1cc(C)ccc1N(CCOC)C1CC1. The standard InChI is InChI=1S/C17H28N2O/c1-4-9-18-13-15-12-14(2)5-8-17(15)19(10-11-20-3)16-6-7-16/h5,8,12,16,18H,4,6-7,9-11,13H2,1-3H3. The molecule has 1 aromatic rings. The van der Waals surface area contributed by atoms with E-state index in [-0.39, 0.29) is 0 Å². The van der Waals surface area contributed by atoms with Crippen molar-refractivity contribution in [3.63, 3.8) is 0 Å². The van der Waals surface area contributed by atoms with Crippen LogP contribution in [0.2, 0.25) is 0 Å². The topological polar surface area (TPSA) is 24.5 Å².